The van der Waals surface area contributed by atoms with Gasteiger partial charge < -0.3 is 28.6 Å². The van der Waals surface area contributed by atoms with Crippen molar-refractivity contribution in [1.29, 1.82) is 0 Å². The first-order valence-corrected chi connectivity index (χ1v) is 10.6. The van der Waals surface area contributed by atoms with Crippen molar-refractivity contribution >= 4 is 7.94 Å². The van der Waals surface area contributed by atoms with Gasteiger partial charge in [-0.15, -0.1) is 0 Å². The minimum atomic E-state index is -3.18. The molecule has 9 heteroatoms. The molecule has 0 spiro atoms. The summed E-state index contributed by atoms with van der Waals surface area (Å²) in [6.07, 6.45) is -0.523. The highest BCUT2D eigenvalue weighted by Crippen LogP contribution is 2.59. The maximum absolute atomic E-state index is 13.0. The van der Waals surface area contributed by atoms with Crippen molar-refractivity contribution in [3.05, 3.63) is 0 Å². The summed E-state index contributed by atoms with van der Waals surface area (Å²) in [6, 6.07) is 0. The molecule has 0 bridgehead atoms. The third-order valence-corrected chi connectivity index (χ3v) is 6.94. The van der Waals surface area contributed by atoms with E-state index in [0.29, 0.717) is 19.8 Å². The Morgan fingerprint density at radius 3 is 2.32 bits per heavy atom. The summed E-state index contributed by atoms with van der Waals surface area (Å²) in [5, 5.41) is 0. The summed E-state index contributed by atoms with van der Waals surface area (Å²) >= 11 is 0. The minimum absolute atomic E-state index is 0.221. The lowest BCUT2D eigenvalue weighted by atomic mass is 9.97. The Labute approximate surface area is 148 Å². The predicted octanol–water partition coefficient (Wildman–Crippen LogP) is 1.19. The monoisotopic (exact) mass is 378 g/mol. The molecule has 4 rings (SSSR count). The highest BCUT2D eigenvalue weighted by molar-refractivity contribution is 7.59. The fourth-order valence-corrected chi connectivity index (χ4v) is 5.94. The molecule has 4 fully saturated rings. The van der Waals surface area contributed by atoms with Crippen molar-refractivity contribution in [1.82, 2.24) is 0 Å². The average Bonchev–Trinajstić information content (AvgIpc) is 3.11. The maximum atomic E-state index is 13.0. The van der Waals surface area contributed by atoms with Crippen LogP contribution in [0.25, 0.3) is 0 Å². The lowest BCUT2D eigenvalue weighted by Gasteiger charge is -2.35. The van der Waals surface area contributed by atoms with Crippen molar-refractivity contribution in [2.24, 2.45) is 5.92 Å². The molecule has 0 unspecified atom stereocenters. The van der Waals surface area contributed by atoms with Crippen molar-refractivity contribution in [2.45, 2.75) is 70.3 Å². The van der Waals surface area contributed by atoms with E-state index in [1.807, 2.05) is 27.7 Å². The molecular formula is C16H27O8P. The number of rotatable bonds is 3. The minimum Gasteiger partial charge on any atom is -0.631 e. The summed E-state index contributed by atoms with van der Waals surface area (Å²) in [6.45, 7) is 8.71. The molecule has 5 atom stereocenters. The molecular weight excluding hydrogens is 351 g/mol. The van der Waals surface area contributed by atoms with Crippen LogP contribution >= 0.6 is 7.94 Å². The van der Waals surface area contributed by atoms with Gasteiger partial charge in [-0.1, -0.05) is 0 Å². The van der Waals surface area contributed by atoms with Crippen LogP contribution in [0.3, 0.4) is 0 Å². The topological polar surface area (TPSA) is 87.7 Å². The van der Waals surface area contributed by atoms with Crippen LogP contribution < -0.4 is 4.89 Å². The third-order valence-electron chi connectivity index (χ3n) is 4.92. The lowest BCUT2D eigenvalue weighted by molar-refractivity contribution is -0.234. The molecule has 4 heterocycles. The van der Waals surface area contributed by atoms with Crippen LogP contribution in [0.1, 0.15) is 34.1 Å². The van der Waals surface area contributed by atoms with Gasteiger partial charge in [-0.2, -0.15) is 0 Å². The van der Waals surface area contributed by atoms with E-state index >= 15 is 0 Å². The van der Waals surface area contributed by atoms with Gasteiger partial charge in [0.1, 0.15) is 18.4 Å². The fraction of sp³-hybridized carbons (Fsp3) is 1.00. The zero-order chi connectivity index (χ0) is 17.9. The molecule has 8 nitrogen and oxygen atoms in total. The van der Waals surface area contributed by atoms with Crippen molar-refractivity contribution < 1.29 is 37.6 Å². The van der Waals surface area contributed by atoms with Crippen LogP contribution in [-0.2, 0) is 32.7 Å². The predicted molar refractivity (Wildman–Crippen MR) is 85.4 cm³/mol. The van der Waals surface area contributed by atoms with Crippen LogP contribution in [0, 0.1) is 5.92 Å². The van der Waals surface area contributed by atoms with Crippen LogP contribution in [-0.4, -0.2) is 62.2 Å². The van der Waals surface area contributed by atoms with Crippen LogP contribution in [0.2, 0.25) is 0 Å². The van der Waals surface area contributed by atoms with E-state index in [0.717, 1.165) is 6.42 Å². The van der Waals surface area contributed by atoms with Gasteiger partial charge >= 0.3 is 0 Å². The average molecular weight is 378 g/mol. The van der Waals surface area contributed by atoms with E-state index in [2.05, 4.69) is 0 Å². The highest BCUT2D eigenvalue weighted by atomic mass is 31.2. The van der Waals surface area contributed by atoms with Gasteiger partial charge in [-0.25, -0.2) is 9.05 Å². The molecule has 4 saturated heterocycles. The van der Waals surface area contributed by atoms with Crippen LogP contribution in [0.5, 0.6) is 0 Å². The zero-order valence-electron chi connectivity index (χ0n) is 15.1. The highest BCUT2D eigenvalue weighted by Gasteiger charge is 2.60. The molecule has 0 aromatic heterocycles. The molecule has 4 aliphatic heterocycles. The first-order chi connectivity index (χ1) is 11.7. The fourth-order valence-electron chi connectivity index (χ4n) is 3.91. The van der Waals surface area contributed by atoms with Crippen LogP contribution in [0.4, 0.5) is 0 Å². The summed E-state index contributed by atoms with van der Waals surface area (Å²) < 4.78 is 40.6. The largest absolute Gasteiger partial charge is 0.631 e. The normalized spacial score (nSPS) is 44.8. The molecule has 0 saturated carbocycles. The van der Waals surface area contributed by atoms with E-state index < -0.39 is 25.8 Å². The van der Waals surface area contributed by atoms with E-state index in [4.69, 9.17) is 32.7 Å². The zero-order valence-corrected chi connectivity index (χ0v) is 16.0. The Kier molecular flexibility index (Phi) is 4.68. The summed E-state index contributed by atoms with van der Waals surface area (Å²) in [5.41, 5.74) is 0. The van der Waals surface area contributed by atoms with Gasteiger partial charge in [0.15, 0.2) is 17.9 Å². The van der Waals surface area contributed by atoms with Crippen molar-refractivity contribution in [3.8, 4) is 0 Å². The third kappa shape index (κ3) is 3.74. The molecule has 25 heavy (non-hydrogen) atoms. The first kappa shape index (κ1) is 18.5. The lowest BCUT2D eigenvalue weighted by Crippen LogP contribution is -2.42. The standard InChI is InChI=1S/C16H27O8P/c1-15(2)18-8-11(22-15)12-10(9-25(17)19-6-5-7-20-25)13-14(21-12)24-16(3,4)23-13/h10-14H,5-9H2,1-4H3/t10-,11-,12+,13-,14-/m1/s1. The molecule has 144 valence electrons. The Bertz CT molecular complexity index is 506. The summed E-state index contributed by atoms with van der Waals surface area (Å²) in [4.78, 5) is 13.0. The Hall–Kier alpha value is 0.110. The second kappa shape index (κ2) is 6.33. The molecule has 4 aliphatic rings. The Balaban J connectivity index is 1.54. The smallest absolute Gasteiger partial charge is 0.238 e. The quantitative estimate of drug-likeness (QED) is 0.677. The number of hydrogen-bond donors (Lipinski definition) is 0. The van der Waals surface area contributed by atoms with Gasteiger partial charge in [-0.3, -0.25) is 0 Å². The van der Waals surface area contributed by atoms with E-state index in [9.17, 15) is 4.89 Å². The first-order valence-electron chi connectivity index (χ1n) is 8.87. The Morgan fingerprint density at radius 1 is 0.960 bits per heavy atom. The number of hydrogen-bond acceptors (Lipinski definition) is 8. The van der Waals surface area contributed by atoms with Gasteiger partial charge in [0.2, 0.25) is 7.94 Å². The van der Waals surface area contributed by atoms with Gasteiger partial charge in [0, 0.05) is 6.42 Å². The maximum Gasteiger partial charge on any atom is 0.238 e. The molecule has 0 N–H and O–H groups in total. The molecule has 0 radical (unpaired) electrons. The van der Waals surface area contributed by atoms with E-state index in [1.54, 1.807) is 0 Å². The molecule has 0 aromatic rings. The summed E-state index contributed by atoms with van der Waals surface area (Å²) in [7, 11) is -3.18. The summed E-state index contributed by atoms with van der Waals surface area (Å²) in [5.74, 6) is -1.63. The van der Waals surface area contributed by atoms with Crippen molar-refractivity contribution in [3.63, 3.8) is 0 Å². The second-order valence-electron chi connectivity index (χ2n) is 7.91. The molecule has 0 aromatic carbocycles. The van der Waals surface area contributed by atoms with E-state index in [-0.39, 0.29) is 30.4 Å². The molecule has 0 aliphatic carbocycles. The van der Waals surface area contributed by atoms with Gasteiger partial charge in [0.05, 0.1) is 31.8 Å². The van der Waals surface area contributed by atoms with Crippen LogP contribution in [0.15, 0.2) is 0 Å². The molecule has 0 amide bonds. The number of ether oxygens (including phenoxy) is 5. The van der Waals surface area contributed by atoms with Crippen molar-refractivity contribution in [2.75, 3.05) is 26.0 Å². The number of fused-ring (bicyclic) bond motifs is 1. The van der Waals surface area contributed by atoms with Gasteiger partial charge in [-0.05, 0) is 27.7 Å². The van der Waals surface area contributed by atoms with Gasteiger partial charge in [0.25, 0.3) is 0 Å². The second-order valence-corrected chi connectivity index (χ2v) is 10.0. The Morgan fingerprint density at radius 2 is 1.68 bits per heavy atom. The van der Waals surface area contributed by atoms with E-state index in [1.165, 1.54) is 0 Å². The SMILES string of the molecule is CC1(C)O[C@H]2O[C@H]([C@H]3COC(C)(C)O3)[C@@H](C[P+]3([O-])OCCCO3)[C@H]2O1.